The van der Waals surface area contributed by atoms with E-state index in [1.807, 2.05) is 39.0 Å². The summed E-state index contributed by atoms with van der Waals surface area (Å²) in [6.45, 7) is 6.78. The van der Waals surface area contributed by atoms with E-state index in [1.54, 1.807) is 0 Å². The number of amides is 2. The third kappa shape index (κ3) is 2.54. The monoisotopic (exact) mass is 262 g/mol. The van der Waals surface area contributed by atoms with Crippen LogP contribution in [0.3, 0.4) is 0 Å². The van der Waals surface area contributed by atoms with Gasteiger partial charge in [0.25, 0.3) is 0 Å². The van der Waals surface area contributed by atoms with E-state index in [2.05, 4.69) is 10.6 Å². The normalized spacial score (nSPS) is 22.7. The van der Waals surface area contributed by atoms with Gasteiger partial charge in [-0.25, -0.2) is 0 Å². The van der Waals surface area contributed by atoms with Gasteiger partial charge in [-0.3, -0.25) is 9.59 Å². The first kappa shape index (κ1) is 13.4. The summed E-state index contributed by atoms with van der Waals surface area (Å²) in [5, 5.41) is 5.34. The van der Waals surface area contributed by atoms with Crippen LogP contribution >= 0.6 is 0 Å². The molecule has 102 valence electrons. The number of carbonyl (C=O) groups excluding carboxylic acids is 2. The average molecular weight is 262 g/mol. The highest BCUT2D eigenvalue weighted by Crippen LogP contribution is 2.27. The summed E-state index contributed by atoms with van der Waals surface area (Å²) in [6, 6.07) is 5.78. The van der Waals surface area contributed by atoms with Crippen LogP contribution < -0.4 is 15.4 Å². The Bertz CT molecular complexity index is 527. The molecule has 1 aliphatic rings. The molecule has 19 heavy (non-hydrogen) atoms. The molecule has 2 rings (SSSR count). The fourth-order valence-electron chi connectivity index (χ4n) is 2.17. The zero-order valence-electron chi connectivity index (χ0n) is 11.4. The Labute approximate surface area is 112 Å². The van der Waals surface area contributed by atoms with Gasteiger partial charge in [-0.2, -0.15) is 0 Å². The van der Waals surface area contributed by atoms with Crippen molar-refractivity contribution in [2.24, 2.45) is 0 Å². The van der Waals surface area contributed by atoms with E-state index >= 15 is 0 Å². The van der Waals surface area contributed by atoms with Crippen LogP contribution in [-0.4, -0.2) is 25.0 Å². The number of carbonyl (C=O) groups is 2. The van der Waals surface area contributed by atoms with Gasteiger partial charge in [-0.15, -0.1) is 0 Å². The van der Waals surface area contributed by atoms with E-state index in [9.17, 15) is 9.59 Å². The molecule has 1 fully saturated rings. The number of aryl methyl sites for hydroxylation is 1. The molecule has 1 aromatic carbocycles. The minimum absolute atomic E-state index is 0.380. The summed E-state index contributed by atoms with van der Waals surface area (Å²) >= 11 is 0. The Kier molecular flexibility index (Phi) is 3.46. The molecule has 1 atom stereocenters. The lowest BCUT2D eigenvalue weighted by molar-refractivity contribution is -0.142. The minimum Gasteiger partial charge on any atom is -0.494 e. The first-order valence-corrected chi connectivity index (χ1v) is 6.30. The molecule has 0 aromatic heterocycles. The number of benzene rings is 1. The third-order valence-corrected chi connectivity index (χ3v) is 3.31. The Morgan fingerprint density at radius 1 is 1.32 bits per heavy atom. The van der Waals surface area contributed by atoms with Crippen LogP contribution in [0, 0.1) is 6.92 Å². The zero-order chi connectivity index (χ0) is 14.0. The summed E-state index contributed by atoms with van der Waals surface area (Å²) in [5.41, 5.74) is 1.37. The van der Waals surface area contributed by atoms with Crippen LogP contribution in [0.25, 0.3) is 0 Å². The molecule has 0 saturated carbocycles. The summed E-state index contributed by atoms with van der Waals surface area (Å²) in [5.74, 6) is -0.346. The minimum atomic E-state index is -0.597. The first-order chi connectivity index (χ1) is 8.96. The molecular formula is C14H18N2O3. The summed E-state index contributed by atoms with van der Waals surface area (Å²) in [4.78, 5) is 22.7. The van der Waals surface area contributed by atoms with Crippen molar-refractivity contribution in [3.05, 3.63) is 29.3 Å². The molecule has 1 aromatic rings. The van der Waals surface area contributed by atoms with Crippen molar-refractivity contribution in [2.75, 3.05) is 13.2 Å². The summed E-state index contributed by atoms with van der Waals surface area (Å²) in [7, 11) is 0. The van der Waals surface area contributed by atoms with Crippen LogP contribution in [0.4, 0.5) is 0 Å². The Morgan fingerprint density at radius 3 is 2.63 bits per heavy atom. The van der Waals surface area contributed by atoms with Crippen molar-refractivity contribution in [1.29, 1.82) is 0 Å². The van der Waals surface area contributed by atoms with Gasteiger partial charge < -0.3 is 15.4 Å². The Balaban J connectivity index is 2.28. The predicted molar refractivity (Wildman–Crippen MR) is 70.9 cm³/mol. The fraction of sp³-hybridized carbons (Fsp3) is 0.429. The molecule has 0 spiro atoms. The second kappa shape index (κ2) is 4.91. The SMILES string of the molecule is CCOc1ccc(C2(C)CNC(=O)C(=O)N2)cc1C. The number of nitrogens with one attached hydrogen (secondary N) is 2. The van der Waals surface area contributed by atoms with Crippen LogP contribution in [0.15, 0.2) is 18.2 Å². The zero-order valence-corrected chi connectivity index (χ0v) is 11.4. The van der Waals surface area contributed by atoms with Crippen LogP contribution in [0.1, 0.15) is 25.0 Å². The maximum absolute atomic E-state index is 11.5. The molecule has 2 N–H and O–H groups in total. The van der Waals surface area contributed by atoms with Crippen LogP contribution in [0.5, 0.6) is 5.75 Å². The molecule has 1 unspecified atom stereocenters. The molecule has 1 heterocycles. The molecule has 2 amide bonds. The van der Waals surface area contributed by atoms with Gasteiger partial charge in [0.2, 0.25) is 0 Å². The van der Waals surface area contributed by atoms with E-state index in [0.717, 1.165) is 16.9 Å². The summed E-state index contributed by atoms with van der Waals surface area (Å²) < 4.78 is 5.49. The van der Waals surface area contributed by atoms with Gasteiger partial charge in [0, 0.05) is 6.54 Å². The molecule has 1 saturated heterocycles. The number of hydrogen-bond acceptors (Lipinski definition) is 3. The first-order valence-electron chi connectivity index (χ1n) is 6.30. The third-order valence-electron chi connectivity index (χ3n) is 3.31. The van der Waals surface area contributed by atoms with E-state index < -0.39 is 17.4 Å². The molecule has 0 radical (unpaired) electrons. The van der Waals surface area contributed by atoms with Crippen molar-refractivity contribution in [2.45, 2.75) is 26.3 Å². The van der Waals surface area contributed by atoms with E-state index in [4.69, 9.17) is 4.74 Å². The lowest BCUT2D eigenvalue weighted by Gasteiger charge is -2.35. The van der Waals surface area contributed by atoms with Gasteiger partial charge in [-0.05, 0) is 44.0 Å². The van der Waals surface area contributed by atoms with Crippen molar-refractivity contribution < 1.29 is 14.3 Å². The number of piperazine rings is 1. The standard InChI is InChI=1S/C14H18N2O3/c1-4-19-11-6-5-10(7-9(11)2)14(3)8-15-12(17)13(18)16-14/h5-7H,4,8H2,1-3H3,(H,15,17)(H,16,18). The number of hydrogen-bond donors (Lipinski definition) is 2. The fourth-order valence-corrected chi connectivity index (χ4v) is 2.17. The van der Waals surface area contributed by atoms with Crippen molar-refractivity contribution in [3.8, 4) is 5.75 Å². The smallest absolute Gasteiger partial charge is 0.310 e. The highest BCUT2D eigenvalue weighted by Gasteiger charge is 2.36. The molecule has 5 nitrogen and oxygen atoms in total. The number of rotatable bonds is 3. The topological polar surface area (TPSA) is 67.4 Å². The largest absolute Gasteiger partial charge is 0.494 e. The summed E-state index contributed by atoms with van der Waals surface area (Å²) in [6.07, 6.45) is 0. The molecule has 0 aliphatic carbocycles. The predicted octanol–water partition coefficient (Wildman–Crippen LogP) is 0.855. The molecule has 0 bridgehead atoms. The maximum atomic E-state index is 11.5. The van der Waals surface area contributed by atoms with Gasteiger partial charge in [0.1, 0.15) is 5.75 Å². The van der Waals surface area contributed by atoms with E-state index in [1.165, 1.54) is 0 Å². The lowest BCUT2D eigenvalue weighted by Crippen LogP contribution is -2.60. The Hall–Kier alpha value is -2.04. The van der Waals surface area contributed by atoms with Gasteiger partial charge in [0.05, 0.1) is 12.1 Å². The van der Waals surface area contributed by atoms with Crippen molar-refractivity contribution in [3.63, 3.8) is 0 Å². The van der Waals surface area contributed by atoms with Crippen molar-refractivity contribution in [1.82, 2.24) is 10.6 Å². The van der Waals surface area contributed by atoms with Crippen molar-refractivity contribution >= 4 is 11.8 Å². The highest BCUT2D eigenvalue weighted by molar-refractivity contribution is 6.35. The average Bonchev–Trinajstić information content (AvgIpc) is 2.37. The van der Waals surface area contributed by atoms with Crippen LogP contribution in [0.2, 0.25) is 0 Å². The van der Waals surface area contributed by atoms with Gasteiger partial charge >= 0.3 is 11.8 Å². The van der Waals surface area contributed by atoms with E-state index in [0.29, 0.717) is 13.2 Å². The van der Waals surface area contributed by atoms with Gasteiger partial charge in [0.15, 0.2) is 0 Å². The molecule has 5 heteroatoms. The lowest BCUT2D eigenvalue weighted by atomic mass is 9.89. The second-order valence-electron chi connectivity index (χ2n) is 4.88. The second-order valence-corrected chi connectivity index (χ2v) is 4.88. The van der Waals surface area contributed by atoms with E-state index in [-0.39, 0.29) is 0 Å². The molecular weight excluding hydrogens is 244 g/mol. The Morgan fingerprint density at radius 2 is 2.05 bits per heavy atom. The van der Waals surface area contributed by atoms with Crippen LogP contribution in [-0.2, 0) is 15.1 Å². The number of ether oxygens (including phenoxy) is 1. The molecule has 1 aliphatic heterocycles. The quantitative estimate of drug-likeness (QED) is 0.794. The highest BCUT2D eigenvalue weighted by atomic mass is 16.5. The maximum Gasteiger partial charge on any atom is 0.310 e. The van der Waals surface area contributed by atoms with Gasteiger partial charge in [-0.1, -0.05) is 6.07 Å².